The zero-order valence-corrected chi connectivity index (χ0v) is 21.6. The van der Waals surface area contributed by atoms with Gasteiger partial charge in [0.1, 0.15) is 23.5 Å². The number of benzene rings is 4. The van der Waals surface area contributed by atoms with Crippen LogP contribution in [-0.4, -0.2) is 25.0 Å². The first-order chi connectivity index (χ1) is 19.8. The van der Waals surface area contributed by atoms with E-state index in [4.69, 9.17) is 9.47 Å². The van der Waals surface area contributed by atoms with Gasteiger partial charge in [-0.2, -0.15) is 13.2 Å². The molecule has 3 aliphatic rings. The molecule has 0 radical (unpaired) electrons. The Morgan fingerprint density at radius 1 is 0.902 bits per heavy atom. The largest absolute Gasteiger partial charge is 0.493 e. The zero-order chi connectivity index (χ0) is 28.4. The summed E-state index contributed by atoms with van der Waals surface area (Å²) in [6.07, 6.45) is -3.82. The zero-order valence-electron chi connectivity index (χ0n) is 21.6. The van der Waals surface area contributed by atoms with E-state index in [0.717, 1.165) is 46.2 Å². The molecule has 0 saturated heterocycles. The molecular weight excluding hydrogens is 533 g/mol. The van der Waals surface area contributed by atoms with Crippen LogP contribution in [0.4, 0.5) is 24.5 Å². The van der Waals surface area contributed by atoms with Crippen LogP contribution >= 0.6 is 0 Å². The molecule has 1 N–H and O–H groups in total. The van der Waals surface area contributed by atoms with Crippen molar-refractivity contribution in [1.29, 1.82) is 0 Å². The Balaban J connectivity index is 1.15. The Morgan fingerprint density at radius 3 is 2.46 bits per heavy atom. The van der Waals surface area contributed by atoms with Gasteiger partial charge >= 0.3 is 6.18 Å². The maximum absolute atomic E-state index is 14.2. The van der Waals surface area contributed by atoms with Gasteiger partial charge < -0.3 is 19.7 Å². The molecule has 0 bridgehead atoms. The number of para-hydroxylation sites is 2. The fourth-order valence-corrected chi connectivity index (χ4v) is 5.98. The van der Waals surface area contributed by atoms with Crippen molar-refractivity contribution in [2.24, 2.45) is 0 Å². The van der Waals surface area contributed by atoms with Crippen molar-refractivity contribution in [2.45, 2.75) is 24.6 Å². The first kappa shape index (κ1) is 25.2. The van der Waals surface area contributed by atoms with Crippen molar-refractivity contribution in [3.63, 3.8) is 0 Å². The molecule has 0 aromatic heterocycles. The van der Waals surface area contributed by atoms with Gasteiger partial charge in [-0.15, -0.1) is 0 Å². The third-order valence-electron chi connectivity index (χ3n) is 8.00. The minimum absolute atomic E-state index is 0.0955. The van der Waals surface area contributed by atoms with Crippen LogP contribution in [0.25, 0.3) is 0 Å². The molecule has 1 unspecified atom stereocenters. The molecule has 0 fully saturated rings. The number of anilines is 2. The number of alkyl halides is 3. The number of halogens is 3. The van der Waals surface area contributed by atoms with E-state index < -0.39 is 23.1 Å². The predicted molar refractivity (Wildman–Crippen MR) is 145 cm³/mol. The Labute approximate surface area is 233 Å². The first-order valence-corrected chi connectivity index (χ1v) is 13.2. The molecule has 1 spiro atoms. The maximum atomic E-state index is 14.2. The Morgan fingerprint density at radius 2 is 1.66 bits per heavy atom. The molecule has 206 valence electrons. The standard InChI is InChI=1S/C32H23F3N2O4/c33-32(34,35)22-5-1-3-7-25(22)36-29(38)20-11-9-19(10-12-20)17-37-26-8-4-2-6-23(26)31(30(37)39)18-41-28-16-27-21(13-14-40-27)15-24(28)31/h1-12,15-16H,13-14,17-18H2,(H,36,38). The Bertz CT molecular complexity index is 1720. The number of amides is 2. The number of hydrogen-bond donors (Lipinski definition) is 1. The fraction of sp³-hybridized carbons (Fsp3) is 0.188. The number of hydrogen-bond acceptors (Lipinski definition) is 4. The second-order valence-electron chi connectivity index (χ2n) is 10.4. The first-order valence-electron chi connectivity index (χ1n) is 13.2. The van der Waals surface area contributed by atoms with Crippen LogP contribution in [0.3, 0.4) is 0 Å². The lowest BCUT2D eigenvalue weighted by Crippen LogP contribution is -2.42. The lowest BCUT2D eigenvalue weighted by molar-refractivity contribution is -0.137. The summed E-state index contributed by atoms with van der Waals surface area (Å²) in [5, 5.41) is 2.36. The van der Waals surface area contributed by atoms with Gasteiger partial charge in [-0.25, -0.2) is 0 Å². The topological polar surface area (TPSA) is 67.9 Å². The van der Waals surface area contributed by atoms with Gasteiger partial charge in [0.05, 0.1) is 24.4 Å². The molecule has 41 heavy (non-hydrogen) atoms. The second kappa shape index (κ2) is 9.12. The molecule has 1 atom stereocenters. The van der Waals surface area contributed by atoms with Crippen molar-refractivity contribution in [1.82, 2.24) is 0 Å². The minimum Gasteiger partial charge on any atom is -0.493 e. The highest BCUT2D eigenvalue weighted by atomic mass is 19.4. The quantitative estimate of drug-likeness (QED) is 0.329. The third-order valence-corrected chi connectivity index (χ3v) is 8.00. The molecule has 0 saturated carbocycles. The number of carbonyl (C=O) groups excluding carboxylic acids is 2. The van der Waals surface area contributed by atoms with Crippen molar-refractivity contribution in [2.75, 3.05) is 23.4 Å². The highest BCUT2D eigenvalue weighted by molar-refractivity contribution is 6.11. The number of carbonyl (C=O) groups is 2. The van der Waals surface area contributed by atoms with E-state index in [0.29, 0.717) is 12.4 Å². The molecule has 3 aliphatic heterocycles. The SMILES string of the molecule is O=C(Nc1ccccc1C(F)(F)F)c1ccc(CN2C(=O)C3(COc4cc5c(cc43)CCO5)c3ccccc32)cc1. The van der Waals surface area contributed by atoms with Gasteiger partial charge in [0.2, 0.25) is 5.91 Å². The summed E-state index contributed by atoms with van der Waals surface area (Å²) in [4.78, 5) is 28.7. The van der Waals surface area contributed by atoms with Crippen LogP contribution in [0.2, 0.25) is 0 Å². The van der Waals surface area contributed by atoms with Gasteiger partial charge in [0.15, 0.2) is 0 Å². The second-order valence-corrected chi connectivity index (χ2v) is 10.4. The van der Waals surface area contributed by atoms with Crippen LogP contribution in [0.15, 0.2) is 84.9 Å². The van der Waals surface area contributed by atoms with Crippen molar-refractivity contribution >= 4 is 23.2 Å². The molecule has 4 aromatic carbocycles. The van der Waals surface area contributed by atoms with Crippen LogP contribution in [0.1, 0.15) is 38.2 Å². The van der Waals surface area contributed by atoms with E-state index in [1.54, 1.807) is 29.2 Å². The number of nitrogens with one attached hydrogen (secondary N) is 1. The van der Waals surface area contributed by atoms with Crippen molar-refractivity contribution in [3.8, 4) is 11.5 Å². The summed E-state index contributed by atoms with van der Waals surface area (Å²) in [7, 11) is 0. The Hall–Kier alpha value is -4.79. The molecule has 9 heteroatoms. The van der Waals surface area contributed by atoms with Gasteiger partial charge in [-0.3, -0.25) is 9.59 Å². The fourth-order valence-electron chi connectivity index (χ4n) is 5.98. The highest BCUT2D eigenvalue weighted by Gasteiger charge is 2.57. The van der Waals surface area contributed by atoms with E-state index >= 15 is 0 Å². The van der Waals surface area contributed by atoms with Gasteiger partial charge in [0, 0.05) is 29.3 Å². The monoisotopic (exact) mass is 556 g/mol. The summed E-state index contributed by atoms with van der Waals surface area (Å²) in [5.74, 6) is 0.688. The highest BCUT2D eigenvalue weighted by Crippen LogP contribution is 2.54. The summed E-state index contributed by atoms with van der Waals surface area (Å²) >= 11 is 0. The lowest BCUT2D eigenvalue weighted by Gasteiger charge is -2.23. The molecule has 7 rings (SSSR count). The van der Waals surface area contributed by atoms with Crippen molar-refractivity contribution in [3.05, 3.63) is 118 Å². The summed E-state index contributed by atoms with van der Waals surface area (Å²) in [5.41, 5.74) is 2.34. The van der Waals surface area contributed by atoms with Gasteiger partial charge in [-0.05, 0) is 53.1 Å². The van der Waals surface area contributed by atoms with Crippen LogP contribution in [0.5, 0.6) is 11.5 Å². The summed E-state index contributed by atoms with van der Waals surface area (Å²) < 4.78 is 51.8. The summed E-state index contributed by atoms with van der Waals surface area (Å²) in [6.45, 7) is 1.04. The Kier molecular flexibility index (Phi) is 5.61. The van der Waals surface area contributed by atoms with Crippen molar-refractivity contribution < 1.29 is 32.2 Å². The van der Waals surface area contributed by atoms with E-state index in [1.807, 2.05) is 36.4 Å². The molecule has 4 aromatic rings. The van der Waals surface area contributed by atoms with Crippen LogP contribution in [0, 0.1) is 0 Å². The van der Waals surface area contributed by atoms with Gasteiger partial charge in [0.25, 0.3) is 5.91 Å². The average molecular weight is 557 g/mol. The van der Waals surface area contributed by atoms with Crippen LogP contribution < -0.4 is 19.7 Å². The molecule has 2 amide bonds. The molecule has 3 heterocycles. The summed E-state index contributed by atoms with van der Waals surface area (Å²) in [6, 6.07) is 22.9. The molecule has 6 nitrogen and oxygen atoms in total. The number of nitrogens with zero attached hydrogens (tertiary/aromatic N) is 1. The lowest BCUT2D eigenvalue weighted by atomic mass is 9.76. The van der Waals surface area contributed by atoms with E-state index in [2.05, 4.69) is 5.32 Å². The van der Waals surface area contributed by atoms with E-state index in [9.17, 15) is 22.8 Å². The van der Waals surface area contributed by atoms with E-state index in [1.165, 1.54) is 18.2 Å². The maximum Gasteiger partial charge on any atom is 0.418 e. The minimum atomic E-state index is -4.59. The molecular formula is C32H23F3N2O4. The smallest absolute Gasteiger partial charge is 0.418 e. The average Bonchev–Trinajstić information content (AvgIpc) is 3.64. The normalized spacial score (nSPS) is 18.5. The number of fused-ring (bicyclic) bond motifs is 5. The van der Waals surface area contributed by atoms with Crippen LogP contribution in [-0.2, 0) is 29.4 Å². The predicted octanol–water partition coefficient (Wildman–Crippen LogP) is 6.12. The van der Waals surface area contributed by atoms with E-state index in [-0.39, 0.29) is 30.3 Å². The van der Waals surface area contributed by atoms with Gasteiger partial charge in [-0.1, -0.05) is 42.5 Å². The third kappa shape index (κ3) is 3.95. The number of rotatable bonds is 4. The number of ether oxygens (including phenoxy) is 2. The molecule has 0 aliphatic carbocycles.